The second-order valence-electron chi connectivity index (χ2n) is 3.89. The summed E-state index contributed by atoms with van der Waals surface area (Å²) in [7, 11) is 0. The molecule has 0 atom stereocenters. The van der Waals surface area contributed by atoms with Crippen molar-refractivity contribution in [2.75, 3.05) is 5.73 Å². The van der Waals surface area contributed by atoms with E-state index in [0.29, 0.717) is 17.9 Å². The quantitative estimate of drug-likeness (QED) is 0.738. The molecule has 4 N–H and O–H groups in total. The van der Waals surface area contributed by atoms with Crippen LogP contribution in [0.5, 0.6) is 0 Å². The van der Waals surface area contributed by atoms with Gasteiger partial charge in [-0.15, -0.1) is 0 Å². The summed E-state index contributed by atoms with van der Waals surface area (Å²) in [6.07, 6.45) is 1.64. The van der Waals surface area contributed by atoms with Gasteiger partial charge in [0.1, 0.15) is 5.69 Å². The molecule has 6 heteroatoms. The van der Waals surface area contributed by atoms with Gasteiger partial charge in [-0.2, -0.15) is 5.10 Å². The molecule has 0 aliphatic heterocycles. The van der Waals surface area contributed by atoms with Gasteiger partial charge in [-0.1, -0.05) is 12.1 Å². The van der Waals surface area contributed by atoms with Gasteiger partial charge in [0.05, 0.1) is 24.4 Å². The van der Waals surface area contributed by atoms with Gasteiger partial charge >= 0.3 is 5.97 Å². The Morgan fingerprint density at radius 3 is 2.50 bits per heavy atom. The molecule has 1 aromatic heterocycles. The number of aliphatic hydroxyl groups is 1. The zero-order valence-corrected chi connectivity index (χ0v) is 9.58. The Morgan fingerprint density at radius 2 is 2.00 bits per heavy atom. The molecule has 0 saturated carbocycles. The molecule has 18 heavy (non-hydrogen) atoms. The summed E-state index contributed by atoms with van der Waals surface area (Å²) in [5.41, 5.74) is 7.69. The van der Waals surface area contributed by atoms with E-state index in [2.05, 4.69) is 5.10 Å². The Morgan fingerprint density at radius 1 is 1.33 bits per heavy atom. The van der Waals surface area contributed by atoms with Crippen LogP contribution in [0.4, 0.5) is 5.69 Å². The van der Waals surface area contributed by atoms with E-state index < -0.39 is 5.97 Å². The molecule has 0 radical (unpaired) electrons. The molecule has 2 rings (SSSR count). The van der Waals surface area contributed by atoms with Crippen molar-refractivity contribution in [1.82, 2.24) is 9.78 Å². The molecule has 94 valence electrons. The zero-order valence-electron chi connectivity index (χ0n) is 9.58. The summed E-state index contributed by atoms with van der Waals surface area (Å²) in [6, 6.07) is 6.52. The van der Waals surface area contributed by atoms with Crippen molar-refractivity contribution in [3.63, 3.8) is 0 Å². The lowest BCUT2D eigenvalue weighted by Gasteiger charge is -2.02. The molecule has 0 unspecified atom stereocenters. The van der Waals surface area contributed by atoms with Crippen LogP contribution in [0, 0.1) is 0 Å². The van der Waals surface area contributed by atoms with Crippen molar-refractivity contribution in [2.24, 2.45) is 0 Å². The number of anilines is 1. The number of hydrogen-bond donors (Lipinski definition) is 3. The standard InChI is InChI=1S/C12H13N3O3/c13-10-6-15(14-11(10)7-16)5-8-1-3-9(4-2-8)12(17)18/h1-4,6,16H,5,7,13H2,(H,17,18). The fourth-order valence-corrected chi connectivity index (χ4v) is 1.62. The molecule has 1 aromatic carbocycles. The first-order valence-corrected chi connectivity index (χ1v) is 5.35. The number of hydrogen-bond acceptors (Lipinski definition) is 4. The van der Waals surface area contributed by atoms with E-state index in [1.165, 1.54) is 12.1 Å². The Labute approximate surface area is 103 Å². The highest BCUT2D eigenvalue weighted by Gasteiger charge is 2.06. The molecule has 0 saturated heterocycles. The molecule has 0 fully saturated rings. The fraction of sp³-hybridized carbons (Fsp3) is 0.167. The van der Waals surface area contributed by atoms with Gasteiger partial charge in [0, 0.05) is 6.20 Å². The molecule has 0 aliphatic rings. The number of nitrogens with zero attached hydrogens (tertiary/aromatic N) is 2. The lowest BCUT2D eigenvalue weighted by Crippen LogP contribution is -2.02. The predicted octanol–water partition coefficient (Wildman–Crippen LogP) is 0.704. The maximum absolute atomic E-state index is 10.7. The second-order valence-corrected chi connectivity index (χ2v) is 3.89. The summed E-state index contributed by atoms with van der Waals surface area (Å²) in [5, 5.41) is 21.9. The van der Waals surface area contributed by atoms with Crippen LogP contribution in [0.3, 0.4) is 0 Å². The lowest BCUT2D eigenvalue weighted by atomic mass is 10.1. The third kappa shape index (κ3) is 2.49. The highest BCUT2D eigenvalue weighted by Crippen LogP contribution is 2.11. The van der Waals surface area contributed by atoms with E-state index >= 15 is 0 Å². The SMILES string of the molecule is Nc1cn(Cc2ccc(C(=O)O)cc2)nc1CO. The molecular formula is C12H13N3O3. The van der Waals surface area contributed by atoms with Crippen LogP contribution in [0.1, 0.15) is 21.6 Å². The number of aliphatic hydroxyl groups excluding tert-OH is 1. The minimum absolute atomic E-state index is 0.198. The van der Waals surface area contributed by atoms with Gasteiger partial charge in [-0.05, 0) is 17.7 Å². The van der Waals surface area contributed by atoms with Crippen LogP contribution in [0.25, 0.3) is 0 Å². The number of aromatic carboxylic acids is 1. The largest absolute Gasteiger partial charge is 0.478 e. The molecule has 0 bridgehead atoms. The van der Waals surface area contributed by atoms with Crippen LogP contribution < -0.4 is 5.73 Å². The van der Waals surface area contributed by atoms with Gasteiger partial charge in [0.2, 0.25) is 0 Å². The second kappa shape index (κ2) is 4.89. The van der Waals surface area contributed by atoms with E-state index in [9.17, 15) is 4.79 Å². The Hall–Kier alpha value is -2.34. The third-order valence-electron chi connectivity index (χ3n) is 2.57. The van der Waals surface area contributed by atoms with Crippen molar-refractivity contribution in [3.05, 3.63) is 47.3 Å². The van der Waals surface area contributed by atoms with E-state index in [1.54, 1.807) is 23.0 Å². The number of aromatic nitrogens is 2. The summed E-state index contributed by atoms with van der Waals surface area (Å²) < 4.78 is 1.61. The first kappa shape index (κ1) is 12.1. The molecule has 0 spiro atoms. The predicted molar refractivity (Wildman–Crippen MR) is 65.1 cm³/mol. The van der Waals surface area contributed by atoms with Gasteiger partial charge in [-0.25, -0.2) is 4.79 Å². The van der Waals surface area contributed by atoms with E-state index in [0.717, 1.165) is 5.56 Å². The van der Waals surface area contributed by atoms with Gasteiger partial charge < -0.3 is 15.9 Å². The van der Waals surface area contributed by atoms with Gasteiger partial charge in [0.15, 0.2) is 0 Å². The number of carboxylic acid groups (broad SMARTS) is 1. The monoisotopic (exact) mass is 247 g/mol. The maximum Gasteiger partial charge on any atom is 0.335 e. The molecule has 2 aromatic rings. The van der Waals surface area contributed by atoms with Gasteiger partial charge in [-0.3, -0.25) is 4.68 Å². The number of benzene rings is 1. The summed E-state index contributed by atoms with van der Waals surface area (Å²) in [4.78, 5) is 10.7. The third-order valence-corrected chi connectivity index (χ3v) is 2.57. The van der Waals surface area contributed by atoms with Crippen molar-refractivity contribution in [1.29, 1.82) is 0 Å². The molecule has 0 aliphatic carbocycles. The van der Waals surface area contributed by atoms with Crippen LogP contribution in [-0.2, 0) is 13.2 Å². The van der Waals surface area contributed by atoms with Crippen molar-refractivity contribution in [2.45, 2.75) is 13.2 Å². The van der Waals surface area contributed by atoms with E-state index in [1.807, 2.05) is 0 Å². The van der Waals surface area contributed by atoms with Crippen LogP contribution in [0.15, 0.2) is 30.5 Å². The molecular weight excluding hydrogens is 234 g/mol. The van der Waals surface area contributed by atoms with E-state index in [4.69, 9.17) is 15.9 Å². The minimum Gasteiger partial charge on any atom is -0.478 e. The van der Waals surface area contributed by atoms with Crippen molar-refractivity contribution >= 4 is 11.7 Å². The normalized spacial score (nSPS) is 10.5. The Bertz CT molecular complexity index is 560. The zero-order chi connectivity index (χ0) is 13.1. The summed E-state index contributed by atoms with van der Waals surface area (Å²) >= 11 is 0. The average Bonchev–Trinajstić information content (AvgIpc) is 2.70. The highest BCUT2D eigenvalue weighted by molar-refractivity contribution is 5.87. The Balaban J connectivity index is 2.15. The lowest BCUT2D eigenvalue weighted by molar-refractivity contribution is 0.0697. The van der Waals surface area contributed by atoms with Crippen LogP contribution in [-0.4, -0.2) is 26.0 Å². The number of nitrogens with two attached hydrogens (primary N) is 1. The number of nitrogen functional groups attached to an aromatic ring is 1. The Kier molecular flexibility index (Phi) is 3.29. The number of carboxylic acids is 1. The number of rotatable bonds is 4. The average molecular weight is 247 g/mol. The van der Waals surface area contributed by atoms with Gasteiger partial charge in [0.25, 0.3) is 0 Å². The smallest absolute Gasteiger partial charge is 0.335 e. The molecule has 0 amide bonds. The first-order valence-electron chi connectivity index (χ1n) is 5.35. The molecule has 1 heterocycles. The summed E-state index contributed by atoms with van der Waals surface area (Å²) in [6.45, 7) is 0.279. The minimum atomic E-state index is -0.951. The topological polar surface area (TPSA) is 101 Å². The maximum atomic E-state index is 10.7. The van der Waals surface area contributed by atoms with Crippen LogP contribution >= 0.6 is 0 Å². The van der Waals surface area contributed by atoms with E-state index in [-0.39, 0.29) is 12.2 Å². The highest BCUT2D eigenvalue weighted by atomic mass is 16.4. The molecule has 6 nitrogen and oxygen atoms in total. The number of carbonyl (C=O) groups is 1. The summed E-state index contributed by atoms with van der Waals surface area (Å²) in [5.74, 6) is -0.951. The first-order chi connectivity index (χ1) is 8.60. The fourth-order valence-electron chi connectivity index (χ4n) is 1.62. The van der Waals surface area contributed by atoms with Crippen molar-refractivity contribution < 1.29 is 15.0 Å². The van der Waals surface area contributed by atoms with Crippen molar-refractivity contribution in [3.8, 4) is 0 Å². The van der Waals surface area contributed by atoms with Crippen LogP contribution in [0.2, 0.25) is 0 Å².